The Bertz CT molecular complexity index is 549. The average Bonchev–Trinajstić information content (AvgIpc) is 3.16. The smallest absolute Gasteiger partial charge is 0.191 e. The fourth-order valence-electron chi connectivity index (χ4n) is 3.45. The van der Waals surface area contributed by atoms with Crippen LogP contribution in [0.2, 0.25) is 5.02 Å². The van der Waals surface area contributed by atoms with Gasteiger partial charge in [-0.1, -0.05) is 29.8 Å². The van der Waals surface area contributed by atoms with E-state index in [1.165, 1.54) is 18.4 Å². The van der Waals surface area contributed by atoms with E-state index in [9.17, 15) is 0 Å². The summed E-state index contributed by atoms with van der Waals surface area (Å²) in [6, 6.07) is 8.44. The largest absolute Gasteiger partial charge is 0.373 e. The number of halogens is 1. The van der Waals surface area contributed by atoms with Crippen LogP contribution in [-0.4, -0.2) is 37.3 Å². The Hall–Kier alpha value is -1.26. The Morgan fingerprint density at radius 3 is 2.91 bits per heavy atom. The molecule has 23 heavy (non-hydrogen) atoms. The predicted octanol–water partition coefficient (Wildman–Crippen LogP) is 3.15. The zero-order valence-electron chi connectivity index (χ0n) is 13.7. The third-order valence-electron chi connectivity index (χ3n) is 4.60. The summed E-state index contributed by atoms with van der Waals surface area (Å²) in [5.74, 6) is 0.910. The number of ether oxygens (including phenoxy) is 1. The van der Waals surface area contributed by atoms with Crippen LogP contribution in [0.5, 0.6) is 0 Å². The van der Waals surface area contributed by atoms with Gasteiger partial charge in [-0.05, 0) is 50.7 Å². The highest BCUT2D eigenvalue weighted by Crippen LogP contribution is 2.34. The number of nitrogens with one attached hydrogen (secondary N) is 2. The van der Waals surface area contributed by atoms with Gasteiger partial charge in [0.15, 0.2) is 5.96 Å². The molecule has 2 N–H and O–H groups in total. The maximum Gasteiger partial charge on any atom is 0.191 e. The van der Waals surface area contributed by atoms with Gasteiger partial charge in [0.1, 0.15) is 0 Å². The third kappa shape index (κ3) is 4.39. The van der Waals surface area contributed by atoms with Crippen molar-refractivity contribution in [2.45, 2.75) is 57.3 Å². The molecule has 2 aliphatic heterocycles. The van der Waals surface area contributed by atoms with Crippen LogP contribution in [0.15, 0.2) is 29.3 Å². The molecule has 4 nitrogen and oxygen atoms in total. The van der Waals surface area contributed by atoms with Crippen LogP contribution >= 0.6 is 11.6 Å². The molecule has 3 unspecified atom stereocenters. The number of fused-ring (bicyclic) bond motifs is 2. The molecular formula is C18H26ClN3O. The van der Waals surface area contributed by atoms with Gasteiger partial charge in [0.25, 0.3) is 0 Å². The van der Waals surface area contributed by atoms with E-state index in [0.717, 1.165) is 43.3 Å². The van der Waals surface area contributed by atoms with Gasteiger partial charge in [-0.15, -0.1) is 0 Å². The highest BCUT2D eigenvalue weighted by atomic mass is 35.5. The summed E-state index contributed by atoms with van der Waals surface area (Å²) >= 11 is 6.19. The van der Waals surface area contributed by atoms with Crippen LogP contribution in [0.3, 0.4) is 0 Å². The fraction of sp³-hybridized carbons (Fsp3) is 0.611. The SMILES string of the molecule is CCNC(=NCCCc1ccccc1Cl)NC1CC2CCC1O2. The van der Waals surface area contributed by atoms with E-state index in [1.807, 2.05) is 18.2 Å². The summed E-state index contributed by atoms with van der Waals surface area (Å²) in [5.41, 5.74) is 1.20. The quantitative estimate of drug-likeness (QED) is 0.477. The molecule has 2 aliphatic rings. The maximum absolute atomic E-state index is 6.19. The molecule has 1 aromatic carbocycles. The van der Waals surface area contributed by atoms with Crippen LogP contribution in [0, 0.1) is 0 Å². The van der Waals surface area contributed by atoms with E-state index in [4.69, 9.17) is 21.3 Å². The van der Waals surface area contributed by atoms with Crippen molar-refractivity contribution >= 4 is 17.6 Å². The second-order valence-electron chi connectivity index (χ2n) is 6.32. The Morgan fingerprint density at radius 2 is 2.22 bits per heavy atom. The predicted molar refractivity (Wildman–Crippen MR) is 95.2 cm³/mol. The standard InChI is InChI=1S/C18H26ClN3O/c1-2-20-18(22-16-12-14-9-10-17(16)23-14)21-11-5-7-13-6-3-4-8-15(13)19/h3-4,6,8,14,16-17H,2,5,7,9-12H2,1H3,(H2,20,21,22). The second kappa shape index (κ2) is 8.02. The van der Waals surface area contributed by atoms with Crippen molar-refractivity contribution in [2.75, 3.05) is 13.1 Å². The molecule has 1 aromatic rings. The summed E-state index contributed by atoms with van der Waals surface area (Å²) in [6.07, 6.45) is 6.28. The van der Waals surface area contributed by atoms with Crippen molar-refractivity contribution in [1.29, 1.82) is 0 Å². The second-order valence-corrected chi connectivity index (χ2v) is 6.72. The first kappa shape index (κ1) is 16.6. The highest BCUT2D eigenvalue weighted by Gasteiger charge is 2.41. The van der Waals surface area contributed by atoms with E-state index >= 15 is 0 Å². The summed E-state index contributed by atoms with van der Waals surface area (Å²) in [5, 5.41) is 7.73. The molecule has 126 valence electrons. The first-order chi connectivity index (χ1) is 11.3. The minimum absolute atomic E-state index is 0.368. The van der Waals surface area contributed by atoms with Gasteiger partial charge in [-0.3, -0.25) is 4.99 Å². The summed E-state index contributed by atoms with van der Waals surface area (Å²) in [7, 11) is 0. The van der Waals surface area contributed by atoms with Crippen molar-refractivity contribution < 1.29 is 4.74 Å². The number of benzene rings is 1. The molecular weight excluding hydrogens is 310 g/mol. The normalized spacial score (nSPS) is 26.5. The number of hydrogen-bond acceptors (Lipinski definition) is 2. The van der Waals surface area contributed by atoms with E-state index in [1.54, 1.807) is 0 Å². The molecule has 2 saturated heterocycles. The molecule has 0 aromatic heterocycles. The van der Waals surface area contributed by atoms with Gasteiger partial charge >= 0.3 is 0 Å². The van der Waals surface area contributed by atoms with Crippen molar-refractivity contribution in [2.24, 2.45) is 4.99 Å². The number of aliphatic imine (C=N–C) groups is 1. The number of hydrogen-bond donors (Lipinski definition) is 2. The van der Waals surface area contributed by atoms with Crippen LogP contribution in [0.25, 0.3) is 0 Å². The van der Waals surface area contributed by atoms with E-state index in [0.29, 0.717) is 18.2 Å². The summed E-state index contributed by atoms with van der Waals surface area (Å²) < 4.78 is 5.90. The van der Waals surface area contributed by atoms with Gasteiger partial charge in [0.2, 0.25) is 0 Å². The minimum Gasteiger partial charge on any atom is -0.373 e. The highest BCUT2D eigenvalue weighted by molar-refractivity contribution is 6.31. The van der Waals surface area contributed by atoms with Crippen LogP contribution in [-0.2, 0) is 11.2 Å². The average molecular weight is 336 g/mol. The molecule has 2 heterocycles. The molecule has 0 radical (unpaired) electrons. The van der Waals surface area contributed by atoms with Gasteiger partial charge in [-0.2, -0.15) is 0 Å². The Kier molecular flexibility index (Phi) is 5.79. The lowest BCUT2D eigenvalue weighted by Gasteiger charge is -2.22. The lowest BCUT2D eigenvalue weighted by Crippen LogP contribution is -2.47. The van der Waals surface area contributed by atoms with E-state index in [-0.39, 0.29) is 0 Å². The zero-order chi connectivity index (χ0) is 16.1. The lowest BCUT2D eigenvalue weighted by atomic mass is 9.96. The molecule has 0 saturated carbocycles. The topological polar surface area (TPSA) is 45.7 Å². The molecule has 0 amide bonds. The lowest BCUT2D eigenvalue weighted by molar-refractivity contribution is 0.0992. The molecule has 0 spiro atoms. The number of aryl methyl sites for hydroxylation is 1. The molecule has 0 aliphatic carbocycles. The summed E-state index contributed by atoms with van der Waals surface area (Å²) in [4.78, 5) is 4.70. The number of guanidine groups is 1. The van der Waals surface area contributed by atoms with Crippen molar-refractivity contribution in [3.8, 4) is 0 Å². The van der Waals surface area contributed by atoms with Gasteiger partial charge in [-0.25, -0.2) is 0 Å². The van der Waals surface area contributed by atoms with Crippen molar-refractivity contribution in [1.82, 2.24) is 10.6 Å². The van der Waals surface area contributed by atoms with Gasteiger partial charge in [0.05, 0.1) is 18.2 Å². The van der Waals surface area contributed by atoms with Gasteiger partial charge in [0, 0.05) is 18.1 Å². The van der Waals surface area contributed by atoms with Crippen molar-refractivity contribution in [3.63, 3.8) is 0 Å². The monoisotopic (exact) mass is 335 g/mol. The molecule has 5 heteroatoms. The van der Waals surface area contributed by atoms with Crippen LogP contribution < -0.4 is 10.6 Å². The first-order valence-electron chi connectivity index (χ1n) is 8.70. The molecule has 3 atom stereocenters. The first-order valence-corrected chi connectivity index (χ1v) is 9.07. The van der Waals surface area contributed by atoms with Crippen LogP contribution in [0.4, 0.5) is 0 Å². The van der Waals surface area contributed by atoms with Gasteiger partial charge < -0.3 is 15.4 Å². The van der Waals surface area contributed by atoms with E-state index in [2.05, 4.69) is 23.6 Å². The zero-order valence-corrected chi connectivity index (χ0v) is 14.5. The Morgan fingerprint density at radius 1 is 1.35 bits per heavy atom. The number of nitrogens with zero attached hydrogens (tertiary/aromatic N) is 1. The molecule has 2 fully saturated rings. The van der Waals surface area contributed by atoms with Crippen LogP contribution in [0.1, 0.15) is 38.2 Å². The Balaban J connectivity index is 1.48. The molecule has 2 bridgehead atoms. The third-order valence-corrected chi connectivity index (χ3v) is 4.97. The Labute approximate surface area is 143 Å². The van der Waals surface area contributed by atoms with Crippen molar-refractivity contribution in [3.05, 3.63) is 34.9 Å². The number of rotatable bonds is 6. The minimum atomic E-state index is 0.368. The molecule has 3 rings (SSSR count). The maximum atomic E-state index is 6.19. The fourth-order valence-corrected chi connectivity index (χ4v) is 3.68. The van der Waals surface area contributed by atoms with E-state index < -0.39 is 0 Å². The summed E-state index contributed by atoms with van der Waals surface area (Å²) in [6.45, 7) is 3.76.